The number of unbranched alkanes of at least 4 members (excludes halogenated alkanes) is 2. The second kappa shape index (κ2) is 7.96. The zero-order valence-corrected chi connectivity index (χ0v) is 9.32. The van der Waals surface area contributed by atoms with E-state index in [1.54, 1.807) is 0 Å². The highest BCUT2D eigenvalue weighted by molar-refractivity contribution is 8.13. The van der Waals surface area contributed by atoms with Gasteiger partial charge >= 0.3 is 0 Å². The van der Waals surface area contributed by atoms with E-state index in [2.05, 4.69) is 22.8 Å². The molecule has 0 aliphatic heterocycles. The number of hydrogen-bond acceptors (Lipinski definition) is 0. The van der Waals surface area contributed by atoms with Crippen LogP contribution < -0.4 is 0 Å². The first-order valence-electron chi connectivity index (χ1n) is 4.30. The lowest BCUT2D eigenvalue weighted by Gasteiger charge is -2.09. The van der Waals surface area contributed by atoms with Gasteiger partial charge in [0.25, 0.3) is 0 Å². The van der Waals surface area contributed by atoms with Crippen LogP contribution in [0.5, 0.6) is 0 Å². The van der Waals surface area contributed by atoms with Crippen LogP contribution in [0.25, 0.3) is 0 Å². The Morgan fingerprint density at radius 2 is 1.40 bits per heavy atom. The summed E-state index contributed by atoms with van der Waals surface area (Å²) >= 11 is 0. The predicted octanol–water partition coefficient (Wildman–Crippen LogP) is 3.86. The lowest BCUT2D eigenvalue weighted by molar-refractivity contribution is 0.873. The van der Waals surface area contributed by atoms with Crippen molar-refractivity contribution in [2.75, 3.05) is 12.3 Å². The summed E-state index contributed by atoms with van der Waals surface area (Å²) in [4.78, 5) is 0. The monoisotopic (exact) mass is 178 g/mol. The Balaban J connectivity index is 3.00. The van der Waals surface area contributed by atoms with Gasteiger partial charge in [-0.25, -0.2) is 0 Å². The van der Waals surface area contributed by atoms with E-state index < -0.39 is 0 Å². The van der Waals surface area contributed by atoms with Gasteiger partial charge in [-0.05, 0) is 25.2 Å². The quantitative estimate of drug-likeness (QED) is 0.542. The van der Waals surface area contributed by atoms with Crippen LogP contribution in [0, 0.1) is 0 Å². The Labute approximate surface area is 69.0 Å². The Morgan fingerprint density at radius 1 is 1.00 bits per heavy atom. The zero-order chi connectivity index (χ0) is 7.82. The second-order valence-corrected chi connectivity index (χ2v) is 7.01. The smallest absolute Gasteiger partial charge is 0.0292 e. The van der Waals surface area contributed by atoms with Crippen molar-refractivity contribution < 1.29 is 0 Å². The van der Waals surface area contributed by atoms with Crippen LogP contribution >= 0.6 is 16.5 Å². The molecular formula is C8H20P2. The molecule has 0 rings (SSSR count). The summed E-state index contributed by atoms with van der Waals surface area (Å²) in [7, 11) is 3.35. The number of hydrogen-bond donors (Lipinski definition) is 0. The summed E-state index contributed by atoms with van der Waals surface area (Å²) in [5.74, 6) is 0. The summed E-state index contributed by atoms with van der Waals surface area (Å²) in [5, 5.41) is 0. The van der Waals surface area contributed by atoms with Crippen molar-refractivity contribution in [1.82, 2.24) is 0 Å². The van der Waals surface area contributed by atoms with Crippen molar-refractivity contribution in [2.24, 2.45) is 0 Å². The molecule has 1 unspecified atom stereocenters. The third-order valence-corrected chi connectivity index (χ3v) is 4.93. The molecule has 10 heavy (non-hydrogen) atoms. The molecule has 0 radical (unpaired) electrons. The topological polar surface area (TPSA) is 0 Å². The van der Waals surface area contributed by atoms with Gasteiger partial charge in [0, 0.05) is 0 Å². The van der Waals surface area contributed by atoms with Gasteiger partial charge in [-0.1, -0.05) is 34.3 Å². The minimum atomic E-state index is 0.324. The van der Waals surface area contributed by atoms with E-state index in [9.17, 15) is 0 Å². The van der Waals surface area contributed by atoms with Crippen molar-refractivity contribution in [1.29, 1.82) is 0 Å². The maximum atomic E-state index is 3.02. The van der Waals surface area contributed by atoms with E-state index in [0.29, 0.717) is 7.61 Å². The summed E-state index contributed by atoms with van der Waals surface area (Å²) in [6, 6.07) is 0. The van der Waals surface area contributed by atoms with E-state index in [-0.39, 0.29) is 0 Å². The van der Waals surface area contributed by atoms with Gasteiger partial charge in [0.05, 0.1) is 0 Å². The van der Waals surface area contributed by atoms with Gasteiger partial charge in [-0.3, -0.25) is 0 Å². The highest BCUT2D eigenvalue weighted by Crippen LogP contribution is 2.45. The molecule has 0 bridgehead atoms. The Morgan fingerprint density at radius 3 is 1.70 bits per heavy atom. The SMILES string of the molecule is CCCCP(P)CCCC. The van der Waals surface area contributed by atoms with Crippen molar-refractivity contribution in [3.05, 3.63) is 0 Å². The molecule has 0 saturated carbocycles. The Bertz CT molecular complexity index is 56.3. The first-order valence-corrected chi connectivity index (χ1v) is 7.64. The summed E-state index contributed by atoms with van der Waals surface area (Å²) < 4.78 is 0. The van der Waals surface area contributed by atoms with Crippen LogP contribution in [0.2, 0.25) is 0 Å². The van der Waals surface area contributed by atoms with Crippen LogP contribution in [0.3, 0.4) is 0 Å². The van der Waals surface area contributed by atoms with E-state index >= 15 is 0 Å². The fourth-order valence-electron chi connectivity index (χ4n) is 0.834. The lowest BCUT2D eigenvalue weighted by atomic mass is 10.4. The lowest BCUT2D eigenvalue weighted by Crippen LogP contribution is -1.83. The molecule has 0 nitrogen and oxygen atoms in total. The minimum absolute atomic E-state index is 0.324. The van der Waals surface area contributed by atoms with Gasteiger partial charge in [0.1, 0.15) is 0 Å². The van der Waals surface area contributed by atoms with Crippen LogP contribution in [-0.2, 0) is 0 Å². The van der Waals surface area contributed by atoms with Crippen molar-refractivity contribution in [3.8, 4) is 0 Å². The zero-order valence-electron chi connectivity index (χ0n) is 7.27. The second-order valence-electron chi connectivity index (χ2n) is 2.74. The van der Waals surface area contributed by atoms with E-state index in [4.69, 9.17) is 0 Å². The molecule has 0 heterocycles. The van der Waals surface area contributed by atoms with Crippen LogP contribution in [0.1, 0.15) is 39.5 Å². The molecule has 0 fully saturated rings. The minimum Gasteiger partial charge on any atom is -0.111 e. The van der Waals surface area contributed by atoms with Crippen LogP contribution in [-0.4, -0.2) is 12.3 Å². The Kier molecular flexibility index (Phi) is 8.65. The van der Waals surface area contributed by atoms with Crippen molar-refractivity contribution >= 4 is 16.5 Å². The van der Waals surface area contributed by atoms with Gasteiger partial charge in [0.2, 0.25) is 0 Å². The van der Waals surface area contributed by atoms with Crippen molar-refractivity contribution in [2.45, 2.75) is 39.5 Å². The van der Waals surface area contributed by atoms with Gasteiger partial charge < -0.3 is 0 Å². The molecule has 0 aromatic carbocycles. The van der Waals surface area contributed by atoms with E-state index in [0.717, 1.165) is 0 Å². The normalized spacial score (nSPS) is 10.8. The Hall–Kier alpha value is 0.860. The molecule has 0 N–H and O–H groups in total. The first kappa shape index (κ1) is 10.9. The maximum Gasteiger partial charge on any atom is -0.0292 e. The molecule has 2 heteroatoms. The highest BCUT2D eigenvalue weighted by atomic mass is 32.0. The molecule has 62 valence electrons. The fourth-order valence-corrected chi connectivity index (χ4v) is 3.60. The van der Waals surface area contributed by atoms with Gasteiger partial charge in [-0.15, -0.1) is 8.93 Å². The van der Waals surface area contributed by atoms with Gasteiger partial charge in [-0.2, -0.15) is 0 Å². The third-order valence-electron chi connectivity index (χ3n) is 1.60. The number of rotatable bonds is 6. The predicted molar refractivity (Wildman–Crippen MR) is 56.2 cm³/mol. The molecule has 0 saturated heterocycles. The average molecular weight is 178 g/mol. The summed E-state index contributed by atoms with van der Waals surface area (Å²) in [6.07, 6.45) is 8.52. The summed E-state index contributed by atoms with van der Waals surface area (Å²) in [6.45, 7) is 4.54. The van der Waals surface area contributed by atoms with Crippen LogP contribution in [0.4, 0.5) is 0 Å². The molecule has 1 atom stereocenters. The molecule has 0 spiro atoms. The highest BCUT2D eigenvalue weighted by Gasteiger charge is 1.98. The fraction of sp³-hybridized carbons (Fsp3) is 1.00. The standard InChI is InChI=1S/C8H20P2/c1-3-5-7-10(9)8-6-4-2/h3-9H2,1-2H3. The maximum absolute atomic E-state index is 3.02. The third kappa shape index (κ3) is 6.97. The molecule has 0 aromatic rings. The largest absolute Gasteiger partial charge is 0.111 e. The molecular weight excluding hydrogens is 158 g/mol. The molecule has 0 aliphatic rings. The molecule has 0 aromatic heterocycles. The molecule has 0 aliphatic carbocycles. The van der Waals surface area contributed by atoms with Crippen molar-refractivity contribution in [3.63, 3.8) is 0 Å². The van der Waals surface area contributed by atoms with E-state index in [1.165, 1.54) is 38.0 Å². The van der Waals surface area contributed by atoms with Crippen LogP contribution in [0.15, 0.2) is 0 Å². The summed E-state index contributed by atoms with van der Waals surface area (Å²) in [5.41, 5.74) is 0. The van der Waals surface area contributed by atoms with Gasteiger partial charge in [0.15, 0.2) is 0 Å². The van der Waals surface area contributed by atoms with E-state index in [1.807, 2.05) is 0 Å². The molecule has 0 amide bonds. The first-order chi connectivity index (χ1) is 4.81. The average Bonchev–Trinajstić information content (AvgIpc) is 1.97.